The number of rotatable bonds is 8. The zero-order valence-electron chi connectivity index (χ0n) is 12.4. The largest absolute Gasteiger partial charge is 0.316 e. The summed E-state index contributed by atoms with van der Waals surface area (Å²) >= 11 is 0. The average Bonchev–Trinajstić information content (AvgIpc) is 2.52. The summed E-state index contributed by atoms with van der Waals surface area (Å²) < 4.78 is 0. The van der Waals surface area contributed by atoms with Crippen LogP contribution in [0, 0.1) is 0 Å². The Bertz CT molecular complexity index is 464. The van der Waals surface area contributed by atoms with E-state index in [-0.39, 0.29) is 0 Å². The van der Waals surface area contributed by atoms with Gasteiger partial charge in [0.15, 0.2) is 0 Å². The predicted octanol–water partition coefficient (Wildman–Crippen LogP) is 4.40. The summed E-state index contributed by atoms with van der Waals surface area (Å²) in [5.74, 6) is 0.588. The molecule has 1 heteroatoms. The first-order valence-corrected chi connectivity index (χ1v) is 7.66. The van der Waals surface area contributed by atoms with E-state index < -0.39 is 0 Å². The molecule has 0 saturated heterocycles. The molecular formula is C19H25N. The van der Waals surface area contributed by atoms with Gasteiger partial charge in [0.05, 0.1) is 0 Å². The Kier molecular flexibility index (Phi) is 6.33. The zero-order valence-corrected chi connectivity index (χ0v) is 12.4. The van der Waals surface area contributed by atoms with Crippen molar-refractivity contribution in [3.05, 3.63) is 71.8 Å². The quantitative estimate of drug-likeness (QED) is 0.699. The zero-order chi connectivity index (χ0) is 14.0. The van der Waals surface area contributed by atoms with Crippen molar-refractivity contribution in [1.29, 1.82) is 0 Å². The fraction of sp³-hybridized carbons (Fsp3) is 0.368. The molecule has 2 aromatic carbocycles. The highest BCUT2D eigenvalue weighted by molar-refractivity contribution is 5.19. The average molecular weight is 267 g/mol. The number of nitrogens with one attached hydrogen (secondary N) is 1. The van der Waals surface area contributed by atoms with Gasteiger partial charge in [-0.3, -0.25) is 0 Å². The van der Waals surface area contributed by atoms with Crippen LogP contribution in [0.1, 0.15) is 36.8 Å². The minimum atomic E-state index is 0.588. The Labute approximate surface area is 123 Å². The molecule has 0 aliphatic carbocycles. The third-order valence-corrected chi connectivity index (χ3v) is 3.73. The Morgan fingerprint density at radius 3 is 2.20 bits per heavy atom. The maximum atomic E-state index is 3.57. The Morgan fingerprint density at radius 1 is 0.850 bits per heavy atom. The van der Waals surface area contributed by atoms with E-state index in [2.05, 4.69) is 72.9 Å². The number of aryl methyl sites for hydroxylation is 1. The monoisotopic (exact) mass is 267 g/mol. The van der Waals surface area contributed by atoms with Crippen molar-refractivity contribution in [3.63, 3.8) is 0 Å². The molecule has 1 nitrogen and oxygen atoms in total. The molecule has 1 unspecified atom stereocenters. The molecule has 0 fully saturated rings. The van der Waals surface area contributed by atoms with Gasteiger partial charge >= 0.3 is 0 Å². The minimum absolute atomic E-state index is 0.588. The second-order valence-electron chi connectivity index (χ2n) is 5.46. The van der Waals surface area contributed by atoms with E-state index in [0.29, 0.717) is 5.92 Å². The van der Waals surface area contributed by atoms with Crippen LogP contribution < -0.4 is 5.32 Å². The van der Waals surface area contributed by atoms with Crippen LogP contribution in [0.3, 0.4) is 0 Å². The van der Waals surface area contributed by atoms with Crippen LogP contribution >= 0.6 is 0 Å². The van der Waals surface area contributed by atoms with Crippen LogP contribution in [0.25, 0.3) is 0 Å². The molecule has 106 valence electrons. The van der Waals surface area contributed by atoms with Gasteiger partial charge in [-0.1, -0.05) is 67.6 Å². The molecule has 0 aliphatic heterocycles. The molecule has 0 amide bonds. The molecule has 0 bridgehead atoms. The van der Waals surface area contributed by atoms with Gasteiger partial charge in [-0.05, 0) is 42.9 Å². The fourth-order valence-electron chi connectivity index (χ4n) is 2.44. The first-order chi connectivity index (χ1) is 9.86. The Hall–Kier alpha value is -1.60. The van der Waals surface area contributed by atoms with Gasteiger partial charge in [-0.25, -0.2) is 0 Å². The van der Waals surface area contributed by atoms with Gasteiger partial charge in [0, 0.05) is 6.54 Å². The normalized spacial score (nSPS) is 12.2. The molecular weight excluding hydrogens is 242 g/mol. The molecule has 1 N–H and O–H groups in total. The van der Waals surface area contributed by atoms with Crippen molar-refractivity contribution in [2.24, 2.45) is 0 Å². The van der Waals surface area contributed by atoms with Gasteiger partial charge in [0.2, 0.25) is 0 Å². The molecule has 20 heavy (non-hydrogen) atoms. The van der Waals surface area contributed by atoms with Crippen molar-refractivity contribution in [2.75, 3.05) is 13.1 Å². The van der Waals surface area contributed by atoms with Crippen molar-refractivity contribution >= 4 is 0 Å². The molecule has 0 heterocycles. The highest BCUT2D eigenvalue weighted by Crippen LogP contribution is 2.13. The van der Waals surface area contributed by atoms with Gasteiger partial charge in [0.25, 0.3) is 0 Å². The van der Waals surface area contributed by atoms with Gasteiger partial charge in [-0.2, -0.15) is 0 Å². The first-order valence-electron chi connectivity index (χ1n) is 7.66. The van der Waals surface area contributed by atoms with Crippen molar-refractivity contribution in [3.8, 4) is 0 Å². The summed E-state index contributed by atoms with van der Waals surface area (Å²) in [4.78, 5) is 0. The Morgan fingerprint density at radius 2 is 1.50 bits per heavy atom. The molecule has 2 rings (SSSR count). The molecule has 0 aromatic heterocycles. The summed E-state index contributed by atoms with van der Waals surface area (Å²) in [5, 5.41) is 3.57. The van der Waals surface area contributed by atoms with Crippen LogP contribution in [0.4, 0.5) is 0 Å². The number of unbranched alkanes of at least 4 members (excludes halogenated alkanes) is 1. The smallest absolute Gasteiger partial charge is 0.00174 e. The second-order valence-corrected chi connectivity index (χ2v) is 5.46. The van der Waals surface area contributed by atoms with Gasteiger partial charge < -0.3 is 5.32 Å². The molecule has 0 radical (unpaired) electrons. The van der Waals surface area contributed by atoms with E-state index in [1.165, 1.54) is 30.4 Å². The molecule has 0 spiro atoms. The van der Waals surface area contributed by atoms with E-state index >= 15 is 0 Å². The summed E-state index contributed by atoms with van der Waals surface area (Å²) in [5.41, 5.74) is 2.87. The van der Waals surface area contributed by atoms with E-state index in [4.69, 9.17) is 0 Å². The topological polar surface area (TPSA) is 12.0 Å². The summed E-state index contributed by atoms with van der Waals surface area (Å²) in [7, 11) is 0. The van der Waals surface area contributed by atoms with Crippen molar-refractivity contribution in [1.82, 2.24) is 5.32 Å². The molecule has 2 aromatic rings. The third kappa shape index (κ3) is 5.18. The van der Waals surface area contributed by atoms with Crippen LogP contribution in [-0.2, 0) is 6.42 Å². The van der Waals surface area contributed by atoms with E-state index in [0.717, 1.165) is 13.1 Å². The molecule has 0 aliphatic rings. The second kappa shape index (κ2) is 8.55. The number of benzene rings is 2. The van der Waals surface area contributed by atoms with Crippen molar-refractivity contribution in [2.45, 2.75) is 32.1 Å². The maximum absolute atomic E-state index is 3.57. The maximum Gasteiger partial charge on any atom is 0.00174 e. The lowest BCUT2D eigenvalue weighted by Gasteiger charge is -2.12. The number of hydrogen-bond acceptors (Lipinski definition) is 1. The Balaban J connectivity index is 1.56. The van der Waals surface area contributed by atoms with E-state index in [9.17, 15) is 0 Å². The van der Waals surface area contributed by atoms with Crippen LogP contribution in [0.5, 0.6) is 0 Å². The summed E-state index contributed by atoms with van der Waals surface area (Å²) in [6.45, 7) is 4.46. The SMILES string of the molecule is CC(CNCCCCc1ccccc1)c1ccccc1. The predicted molar refractivity (Wildman–Crippen MR) is 87.1 cm³/mol. The number of hydrogen-bond donors (Lipinski definition) is 1. The third-order valence-electron chi connectivity index (χ3n) is 3.73. The fourth-order valence-corrected chi connectivity index (χ4v) is 2.44. The van der Waals surface area contributed by atoms with Gasteiger partial charge in [0.1, 0.15) is 0 Å². The lowest BCUT2D eigenvalue weighted by atomic mass is 10.0. The minimum Gasteiger partial charge on any atom is -0.316 e. The van der Waals surface area contributed by atoms with Crippen LogP contribution in [0.15, 0.2) is 60.7 Å². The van der Waals surface area contributed by atoms with Crippen LogP contribution in [0.2, 0.25) is 0 Å². The molecule has 0 saturated carbocycles. The van der Waals surface area contributed by atoms with Crippen LogP contribution in [-0.4, -0.2) is 13.1 Å². The van der Waals surface area contributed by atoms with Crippen molar-refractivity contribution < 1.29 is 0 Å². The van der Waals surface area contributed by atoms with E-state index in [1.54, 1.807) is 0 Å². The standard InChI is InChI=1S/C19H25N/c1-17(19-13-6-3-7-14-19)16-20-15-9-8-12-18-10-4-2-5-11-18/h2-7,10-11,13-14,17,20H,8-9,12,15-16H2,1H3. The van der Waals surface area contributed by atoms with E-state index in [1.807, 2.05) is 0 Å². The highest BCUT2D eigenvalue weighted by Gasteiger charge is 2.03. The highest BCUT2D eigenvalue weighted by atomic mass is 14.8. The molecule has 1 atom stereocenters. The lowest BCUT2D eigenvalue weighted by molar-refractivity contribution is 0.582. The summed E-state index contributed by atoms with van der Waals surface area (Å²) in [6.07, 6.45) is 3.70. The first kappa shape index (κ1) is 14.8. The summed E-state index contributed by atoms with van der Waals surface area (Å²) in [6, 6.07) is 21.5. The van der Waals surface area contributed by atoms with Gasteiger partial charge in [-0.15, -0.1) is 0 Å². The lowest BCUT2D eigenvalue weighted by Crippen LogP contribution is -2.21.